The van der Waals surface area contributed by atoms with Gasteiger partial charge in [0, 0.05) is 76.0 Å². The van der Waals surface area contributed by atoms with Gasteiger partial charge in [-0.2, -0.15) is 0 Å². The van der Waals surface area contributed by atoms with Crippen molar-refractivity contribution in [3.63, 3.8) is 0 Å². The van der Waals surface area contributed by atoms with Gasteiger partial charge in [-0.3, -0.25) is 0 Å². The standard InChI is InChI=1S/C8H14O5.2C6H12O2.C4H10O.C2H6O.4CH4O/c1-4-6(10)7(11)5(3-9)13-8(4)12-2;2*7-5-6-3-1-2-4-8-6;1-4(2)5-3;1-3-2;4*1-2/h3-8,10-11H,1-2H3;2*6-7H,1-5H2;4H,1-3H3;1-2H3;4*2H,1H3. The van der Waals surface area contributed by atoms with Crippen LogP contribution in [0.5, 0.6) is 0 Å². The lowest BCUT2D eigenvalue weighted by molar-refractivity contribution is -0.259. The lowest BCUT2D eigenvalue weighted by Gasteiger charge is -2.38. The van der Waals surface area contributed by atoms with Gasteiger partial charge in [0.05, 0.1) is 37.6 Å². The van der Waals surface area contributed by atoms with E-state index in [4.69, 9.17) is 54.3 Å². The van der Waals surface area contributed by atoms with Crippen LogP contribution in [-0.2, 0) is 33.2 Å². The van der Waals surface area contributed by atoms with Gasteiger partial charge < -0.3 is 74.1 Å². The summed E-state index contributed by atoms with van der Waals surface area (Å²) in [6.07, 6.45) is 4.16. The third-order valence-electron chi connectivity index (χ3n) is 5.74. The molecule has 15 nitrogen and oxygen atoms in total. The molecular weight excluding hydrogens is 600 g/mol. The Morgan fingerprint density at radius 1 is 0.733 bits per heavy atom. The summed E-state index contributed by atoms with van der Waals surface area (Å²) in [7, 11) is 10.4. The van der Waals surface area contributed by atoms with Gasteiger partial charge in [0.1, 0.15) is 12.2 Å². The van der Waals surface area contributed by atoms with Crippen LogP contribution in [0.25, 0.3) is 0 Å². The van der Waals surface area contributed by atoms with Crippen LogP contribution in [0, 0.1) is 5.92 Å². The van der Waals surface area contributed by atoms with Crippen molar-refractivity contribution >= 4 is 6.29 Å². The average Bonchev–Trinajstić information content (AvgIpc) is 3.12. The van der Waals surface area contributed by atoms with E-state index >= 15 is 0 Å². The quantitative estimate of drug-likeness (QED) is 0.176. The predicted octanol–water partition coefficient (Wildman–Crippen LogP) is -0.252. The summed E-state index contributed by atoms with van der Waals surface area (Å²) in [5, 5.41) is 64.0. The van der Waals surface area contributed by atoms with Crippen LogP contribution in [0.1, 0.15) is 59.3 Å². The first-order valence-electron chi connectivity index (χ1n) is 14.8. The highest BCUT2D eigenvalue weighted by molar-refractivity contribution is 5.57. The number of hydrogen-bond acceptors (Lipinski definition) is 15. The number of aldehydes is 1. The number of carbonyl (C=O) groups is 1. The molecule has 3 rings (SSSR count). The zero-order valence-electron chi connectivity index (χ0n) is 29.7. The molecule has 0 aromatic heterocycles. The van der Waals surface area contributed by atoms with Crippen molar-refractivity contribution in [3.05, 3.63) is 0 Å². The fraction of sp³-hybridized carbons (Fsp3) is 0.967. The maximum absolute atomic E-state index is 10.4. The molecule has 7 atom stereocenters. The largest absolute Gasteiger partial charge is 0.400 e. The average molecular weight is 671 g/mol. The van der Waals surface area contributed by atoms with Gasteiger partial charge in [-0.15, -0.1) is 0 Å². The molecule has 3 fully saturated rings. The van der Waals surface area contributed by atoms with E-state index in [2.05, 4.69) is 4.74 Å². The Morgan fingerprint density at radius 2 is 1.09 bits per heavy atom. The highest BCUT2D eigenvalue weighted by Gasteiger charge is 2.42. The molecule has 0 bridgehead atoms. The fourth-order valence-corrected chi connectivity index (χ4v) is 3.31. The minimum atomic E-state index is -1.17. The van der Waals surface area contributed by atoms with E-state index < -0.39 is 24.6 Å². The third-order valence-corrected chi connectivity index (χ3v) is 5.74. The molecule has 3 heterocycles. The topological polar surface area (TPSA) is 234 Å². The van der Waals surface area contributed by atoms with Crippen molar-refractivity contribution < 1.29 is 74.1 Å². The number of aliphatic hydroxyl groups excluding tert-OH is 8. The zero-order chi connectivity index (χ0) is 36.6. The van der Waals surface area contributed by atoms with Crippen LogP contribution in [-0.4, -0.2) is 173 Å². The van der Waals surface area contributed by atoms with Crippen LogP contribution in [0.15, 0.2) is 0 Å². The van der Waals surface area contributed by atoms with E-state index in [1.54, 1.807) is 28.3 Å². The summed E-state index contributed by atoms with van der Waals surface area (Å²) in [5.41, 5.74) is 0. The van der Waals surface area contributed by atoms with E-state index in [1.165, 1.54) is 20.0 Å². The van der Waals surface area contributed by atoms with Crippen LogP contribution in [0.2, 0.25) is 0 Å². The van der Waals surface area contributed by atoms with Gasteiger partial charge in [0.2, 0.25) is 0 Å². The van der Waals surface area contributed by atoms with Gasteiger partial charge in [-0.05, 0) is 52.4 Å². The molecule has 3 saturated heterocycles. The predicted molar refractivity (Wildman–Crippen MR) is 172 cm³/mol. The van der Waals surface area contributed by atoms with Crippen molar-refractivity contribution in [2.45, 2.75) is 102 Å². The van der Waals surface area contributed by atoms with E-state index in [1.807, 2.05) is 13.8 Å². The SMILES string of the molecule is CO.CO.CO.CO.COC.COC(C)C.COC1OC(C=O)C(O)C(O)C1C.OCC1CCCCO1.OCC1CCCCO1. The number of methoxy groups -OCH3 is 3. The fourth-order valence-electron chi connectivity index (χ4n) is 3.31. The first-order chi connectivity index (χ1) is 21.7. The van der Waals surface area contributed by atoms with E-state index in [-0.39, 0.29) is 31.3 Å². The first-order valence-corrected chi connectivity index (χ1v) is 14.8. The Bertz CT molecular complexity index is 472. The minimum absolute atomic E-state index is 0.142. The number of aliphatic hydroxyl groups is 8. The second kappa shape index (κ2) is 47.5. The lowest BCUT2D eigenvalue weighted by atomic mass is 9.93. The van der Waals surface area contributed by atoms with Crippen molar-refractivity contribution in [2.24, 2.45) is 5.92 Å². The molecule has 7 unspecified atom stereocenters. The summed E-state index contributed by atoms with van der Waals surface area (Å²) in [5.74, 6) is -0.351. The van der Waals surface area contributed by atoms with E-state index in [0.717, 1.165) is 67.3 Å². The van der Waals surface area contributed by atoms with Gasteiger partial charge in [-0.25, -0.2) is 0 Å². The van der Waals surface area contributed by atoms with Crippen LogP contribution in [0.4, 0.5) is 0 Å². The molecule has 0 amide bonds. The monoisotopic (exact) mass is 670 g/mol. The summed E-state index contributed by atoms with van der Waals surface area (Å²) in [6, 6.07) is 0. The van der Waals surface area contributed by atoms with Gasteiger partial charge in [-0.1, -0.05) is 6.92 Å². The first kappa shape index (κ1) is 56.4. The number of ether oxygens (including phenoxy) is 6. The second-order valence-electron chi connectivity index (χ2n) is 9.22. The number of carbonyl (C=O) groups excluding carboxylic acids is 1. The molecule has 3 aliphatic rings. The molecule has 15 heteroatoms. The third kappa shape index (κ3) is 35.8. The summed E-state index contributed by atoms with van der Waals surface area (Å²) in [6.45, 7) is 7.75. The molecule has 0 aliphatic carbocycles. The zero-order valence-corrected chi connectivity index (χ0v) is 29.7. The van der Waals surface area contributed by atoms with Gasteiger partial charge >= 0.3 is 0 Å². The molecular formula is C30H70O15. The minimum Gasteiger partial charge on any atom is -0.400 e. The highest BCUT2D eigenvalue weighted by Crippen LogP contribution is 2.25. The molecule has 0 radical (unpaired) electrons. The molecule has 45 heavy (non-hydrogen) atoms. The van der Waals surface area contributed by atoms with E-state index in [9.17, 15) is 15.0 Å². The Kier molecular flexibility index (Phi) is 59.6. The smallest absolute Gasteiger partial charge is 0.163 e. The molecule has 0 aromatic rings. The van der Waals surface area contributed by atoms with Crippen LogP contribution < -0.4 is 0 Å². The Balaban J connectivity index is -0.000000105. The van der Waals surface area contributed by atoms with Crippen molar-refractivity contribution in [3.8, 4) is 0 Å². The van der Waals surface area contributed by atoms with Crippen molar-refractivity contribution in [1.29, 1.82) is 0 Å². The maximum atomic E-state index is 10.4. The van der Waals surface area contributed by atoms with Gasteiger partial charge in [0.25, 0.3) is 0 Å². The van der Waals surface area contributed by atoms with Crippen molar-refractivity contribution in [2.75, 3.05) is 83.3 Å². The number of hydrogen-bond donors (Lipinski definition) is 8. The Morgan fingerprint density at radius 3 is 1.29 bits per heavy atom. The maximum Gasteiger partial charge on any atom is 0.163 e. The summed E-state index contributed by atoms with van der Waals surface area (Å²) >= 11 is 0. The molecule has 0 aromatic carbocycles. The molecule has 0 spiro atoms. The lowest BCUT2D eigenvalue weighted by Crippen LogP contribution is -2.54. The summed E-state index contributed by atoms with van der Waals surface area (Å²) < 4.78 is 29.3. The molecule has 280 valence electrons. The molecule has 0 saturated carbocycles. The number of rotatable bonds is 5. The second-order valence-corrected chi connectivity index (χ2v) is 9.22. The van der Waals surface area contributed by atoms with Crippen molar-refractivity contribution in [1.82, 2.24) is 0 Å². The van der Waals surface area contributed by atoms with Crippen LogP contribution in [0.3, 0.4) is 0 Å². The molecule has 3 aliphatic heterocycles. The summed E-state index contributed by atoms with van der Waals surface area (Å²) in [4.78, 5) is 10.4. The molecule has 8 N–H and O–H groups in total. The Labute approximate surface area is 272 Å². The normalized spacial score (nSPS) is 26.1. The van der Waals surface area contributed by atoms with E-state index in [0.29, 0.717) is 12.4 Å². The van der Waals surface area contributed by atoms with Gasteiger partial charge in [0.15, 0.2) is 12.6 Å². The van der Waals surface area contributed by atoms with Crippen LogP contribution >= 0.6 is 0 Å². The highest BCUT2D eigenvalue weighted by atomic mass is 16.7. The Hall–Kier alpha value is -0.890.